The Balaban J connectivity index is 2.39. The number of pyridine rings is 1. The van der Waals surface area contributed by atoms with E-state index in [0.717, 1.165) is 30.5 Å². The fraction of sp³-hybridized carbons (Fsp3) is 0.609. The monoisotopic (exact) mass is 386 g/mol. The van der Waals surface area contributed by atoms with Crippen LogP contribution in [0.15, 0.2) is 31.0 Å². The van der Waals surface area contributed by atoms with Crippen LogP contribution in [0.3, 0.4) is 0 Å². The molecule has 2 heterocycles. The molecule has 1 aromatic rings. The largest absolute Gasteiger partial charge is 0.458 e. The van der Waals surface area contributed by atoms with Gasteiger partial charge in [-0.05, 0) is 64.5 Å². The molecule has 28 heavy (non-hydrogen) atoms. The number of carbonyl (C=O) groups excluding carboxylic acids is 2. The van der Waals surface area contributed by atoms with Gasteiger partial charge in [-0.3, -0.25) is 9.78 Å². The molecule has 1 amide bonds. The highest BCUT2D eigenvalue weighted by Gasteiger charge is 2.43. The van der Waals surface area contributed by atoms with Crippen molar-refractivity contribution < 1.29 is 14.3 Å². The van der Waals surface area contributed by atoms with E-state index in [-0.39, 0.29) is 23.8 Å². The number of ether oxygens (including phenoxy) is 1. The minimum atomic E-state index is -0.614. The van der Waals surface area contributed by atoms with Crippen LogP contribution in [0, 0.1) is 5.92 Å². The fourth-order valence-corrected chi connectivity index (χ4v) is 3.76. The second kappa shape index (κ2) is 9.35. The van der Waals surface area contributed by atoms with Crippen molar-refractivity contribution in [1.29, 1.82) is 0 Å². The van der Waals surface area contributed by atoms with Gasteiger partial charge < -0.3 is 9.64 Å². The summed E-state index contributed by atoms with van der Waals surface area (Å²) in [4.78, 5) is 32.6. The summed E-state index contributed by atoms with van der Waals surface area (Å²) in [5.41, 5.74) is 1.39. The van der Waals surface area contributed by atoms with Crippen molar-refractivity contribution in [2.75, 3.05) is 0 Å². The highest BCUT2D eigenvalue weighted by atomic mass is 16.6. The number of hydrogen-bond acceptors (Lipinski definition) is 4. The highest BCUT2D eigenvalue weighted by molar-refractivity contribution is 5.87. The van der Waals surface area contributed by atoms with Gasteiger partial charge in [0.1, 0.15) is 11.6 Å². The third kappa shape index (κ3) is 5.21. The average molecular weight is 387 g/mol. The Bertz CT molecular complexity index is 691. The van der Waals surface area contributed by atoms with Gasteiger partial charge in [0.05, 0.1) is 11.7 Å². The van der Waals surface area contributed by atoms with Gasteiger partial charge in [0.15, 0.2) is 0 Å². The molecule has 5 heteroatoms. The van der Waals surface area contributed by atoms with Gasteiger partial charge in [-0.15, -0.1) is 6.58 Å². The first-order chi connectivity index (χ1) is 13.2. The first-order valence-electron chi connectivity index (χ1n) is 10.3. The molecule has 3 unspecified atom stereocenters. The second-order valence-electron chi connectivity index (χ2n) is 8.46. The molecule has 0 bridgehead atoms. The van der Waals surface area contributed by atoms with E-state index in [0.29, 0.717) is 12.8 Å². The summed E-state index contributed by atoms with van der Waals surface area (Å²) >= 11 is 0. The zero-order valence-corrected chi connectivity index (χ0v) is 17.9. The van der Waals surface area contributed by atoms with Gasteiger partial charge in [-0.2, -0.15) is 0 Å². The van der Waals surface area contributed by atoms with Crippen LogP contribution in [0.5, 0.6) is 0 Å². The summed E-state index contributed by atoms with van der Waals surface area (Å²) in [6.07, 6.45) is 7.24. The summed E-state index contributed by atoms with van der Waals surface area (Å²) in [6.45, 7) is 13.3. The number of amides is 1. The Labute approximate surface area is 169 Å². The summed E-state index contributed by atoms with van der Waals surface area (Å²) < 4.78 is 5.63. The van der Waals surface area contributed by atoms with Crippen LogP contribution in [-0.4, -0.2) is 33.4 Å². The molecule has 1 aliphatic heterocycles. The van der Waals surface area contributed by atoms with Crippen molar-refractivity contribution >= 4 is 11.9 Å². The summed E-state index contributed by atoms with van der Waals surface area (Å²) in [6, 6.07) is 3.21. The van der Waals surface area contributed by atoms with Crippen LogP contribution in [0.1, 0.15) is 77.6 Å². The summed E-state index contributed by atoms with van der Waals surface area (Å²) in [7, 11) is 0. The lowest BCUT2D eigenvalue weighted by Gasteiger charge is -2.43. The number of esters is 1. The summed E-state index contributed by atoms with van der Waals surface area (Å²) in [5, 5.41) is 0. The first-order valence-corrected chi connectivity index (χ1v) is 10.3. The van der Waals surface area contributed by atoms with E-state index in [4.69, 9.17) is 4.74 Å². The molecule has 0 saturated carbocycles. The molecular formula is C23H34N2O3. The van der Waals surface area contributed by atoms with Crippen molar-refractivity contribution in [3.63, 3.8) is 0 Å². The fourth-order valence-electron chi connectivity index (χ4n) is 3.76. The molecule has 0 aliphatic carbocycles. The van der Waals surface area contributed by atoms with Crippen molar-refractivity contribution in [2.45, 2.75) is 84.4 Å². The van der Waals surface area contributed by atoms with E-state index in [1.54, 1.807) is 11.0 Å². The molecule has 3 atom stereocenters. The molecule has 1 fully saturated rings. The van der Waals surface area contributed by atoms with Crippen molar-refractivity contribution in [2.24, 2.45) is 5.92 Å². The number of rotatable bonds is 7. The third-order valence-corrected chi connectivity index (χ3v) is 5.18. The van der Waals surface area contributed by atoms with Gasteiger partial charge in [0.25, 0.3) is 0 Å². The van der Waals surface area contributed by atoms with E-state index in [9.17, 15) is 9.59 Å². The smallest absolute Gasteiger partial charge is 0.329 e. The van der Waals surface area contributed by atoms with Crippen molar-refractivity contribution in [3.8, 4) is 0 Å². The number of carbonyl (C=O) groups is 2. The quantitative estimate of drug-likeness (QED) is 0.507. The van der Waals surface area contributed by atoms with E-state index < -0.39 is 11.6 Å². The maximum absolute atomic E-state index is 13.3. The number of aryl methyl sites for hydroxylation is 1. The highest BCUT2D eigenvalue weighted by Crippen LogP contribution is 2.37. The van der Waals surface area contributed by atoms with Gasteiger partial charge in [-0.25, -0.2) is 4.79 Å². The number of hydrogen-bond donors (Lipinski definition) is 0. The Morgan fingerprint density at radius 2 is 2.07 bits per heavy atom. The lowest BCUT2D eigenvalue weighted by atomic mass is 9.86. The van der Waals surface area contributed by atoms with Crippen molar-refractivity contribution in [1.82, 2.24) is 9.88 Å². The Kier molecular flexibility index (Phi) is 7.39. The van der Waals surface area contributed by atoms with Gasteiger partial charge in [-0.1, -0.05) is 26.0 Å². The van der Waals surface area contributed by atoms with Crippen LogP contribution < -0.4 is 0 Å². The SMILES string of the molecule is C=CCC1CCC(c2ccc(CC)cn2)N(C(CC)C(=O)OC(C)(C)C)C1=O. The predicted molar refractivity (Wildman–Crippen MR) is 111 cm³/mol. The molecule has 0 radical (unpaired) electrons. The van der Waals surface area contributed by atoms with Crippen LogP contribution in [0.25, 0.3) is 0 Å². The van der Waals surface area contributed by atoms with Crippen LogP contribution in [0.4, 0.5) is 0 Å². The predicted octanol–water partition coefficient (Wildman–Crippen LogP) is 4.62. The molecule has 0 spiro atoms. The standard InChI is InChI=1S/C23H34N2O3/c1-7-10-17-12-14-20(18-13-11-16(8-2)15-24-18)25(21(17)26)19(9-3)22(27)28-23(4,5)6/h7,11,13,15,17,19-20H,1,8-10,12,14H2,2-6H3. The van der Waals surface area contributed by atoms with Gasteiger partial charge in [0, 0.05) is 12.1 Å². The van der Waals surface area contributed by atoms with Gasteiger partial charge >= 0.3 is 5.97 Å². The van der Waals surface area contributed by atoms with Crippen LogP contribution in [-0.2, 0) is 20.7 Å². The lowest BCUT2D eigenvalue weighted by Crippen LogP contribution is -2.53. The number of piperidine rings is 1. The third-order valence-electron chi connectivity index (χ3n) is 5.18. The summed E-state index contributed by atoms with van der Waals surface area (Å²) in [5.74, 6) is -0.492. The molecule has 1 saturated heterocycles. The average Bonchev–Trinajstić information content (AvgIpc) is 2.64. The molecular weight excluding hydrogens is 352 g/mol. The second-order valence-corrected chi connectivity index (χ2v) is 8.46. The van der Waals surface area contributed by atoms with E-state index in [2.05, 4.69) is 24.6 Å². The first kappa shape index (κ1) is 22.1. The van der Waals surface area contributed by atoms with Crippen LogP contribution in [0.2, 0.25) is 0 Å². The molecule has 0 aromatic carbocycles. The molecule has 2 rings (SSSR count). The van der Waals surface area contributed by atoms with E-state index in [1.807, 2.05) is 40.0 Å². The van der Waals surface area contributed by atoms with Crippen LogP contribution >= 0.6 is 0 Å². The van der Waals surface area contributed by atoms with Crippen molar-refractivity contribution in [3.05, 3.63) is 42.2 Å². The lowest BCUT2D eigenvalue weighted by molar-refractivity contribution is -0.170. The minimum absolute atomic E-state index is 0.00442. The molecule has 5 nitrogen and oxygen atoms in total. The Morgan fingerprint density at radius 3 is 2.57 bits per heavy atom. The number of allylic oxidation sites excluding steroid dienone is 1. The van der Waals surface area contributed by atoms with E-state index in [1.165, 1.54) is 0 Å². The number of nitrogens with zero attached hydrogens (tertiary/aromatic N) is 2. The maximum atomic E-state index is 13.3. The zero-order chi connectivity index (χ0) is 20.9. The number of aromatic nitrogens is 1. The molecule has 154 valence electrons. The van der Waals surface area contributed by atoms with Gasteiger partial charge in [0.2, 0.25) is 5.91 Å². The Hall–Kier alpha value is -2.17. The number of likely N-dealkylation sites (tertiary alicyclic amines) is 1. The molecule has 1 aliphatic rings. The minimum Gasteiger partial charge on any atom is -0.458 e. The normalized spacial score (nSPS) is 21.3. The van der Waals surface area contributed by atoms with E-state index >= 15 is 0 Å². The molecule has 0 N–H and O–H groups in total. The zero-order valence-electron chi connectivity index (χ0n) is 17.9. The molecule has 1 aromatic heterocycles. The maximum Gasteiger partial charge on any atom is 0.329 e. The Morgan fingerprint density at radius 1 is 1.36 bits per heavy atom. The topological polar surface area (TPSA) is 59.5 Å².